The van der Waals surface area contributed by atoms with Gasteiger partial charge in [0.1, 0.15) is 0 Å². The van der Waals surface area contributed by atoms with E-state index in [1.807, 2.05) is 26.8 Å². The second kappa shape index (κ2) is 6.15. The van der Waals surface area contributed by atoms with Gasteiger partial charge < -0.3 is 15.2 Å². The molecule has 2 heterocycles. The van der Waals surface area contributed by atoms with E-state index >= 15 is 0 Å². The van der Waals surface area contributed by atoms with Gasteiger partial charge in [-0.1, -0.05) is 12.7 Å². The van der Waals surface area contributed by atoms with Crippen LogP contribution in [0.25, 0.3) is 11.7 Å². The SMILES string of the molecule is C=Cc1cnn2cc([C@H](COC(C)(C)C)NC(=O)O)nc2c1. The van der Waals surface area contributed by atoms with E-state index < -0.39 is 12.1 Å². The van der Waals surface area contributed by atoms with E-state index in [2.05, 4.69) is 22.0 Å². The molecule has 2 aromatic heterocycles. The molecule has 7 heteroatoms. The van der Waals surface area contributed by atoms with Crippen molar-refractivity contribution in [3.63, 3.8) is 0 Å². The van der Waals surface area contributed by atoms with Crippen molar-refractivity contribution in [1.82, 2.24) is 19.9 Å². The van der Waals surface area contributed by atoms with Gasteiger partial charge in [-0.2, -0.15) is 5.10 Å². The van der Waals surface area contributed by atoms with Crippen molar-refractivity contribution in [1.29, 1.82) is 0 Å². The van der Waals surface area contributed by atoms with Crippen molar-refractivity contribution in [2.75, 3.05) is 6.61 Å². The molecule has 22 heavy (non-hydrogen) atoms. The minimum absolute atomic E-state index is 0.188. The number of fused-ring (bicyclic) bond motifs is 1. The Morgan fingerprint density at radius 1 is 1.59 bits per heavy atom. The standard InChI is InChI=1S/C15H20N4O3/c1-5-10-6-13-17-11(8-19(13)16-7-10)12(18-14(20)21)9-22-15(2,3)4/h5-8,12,18H,1,9H2,2-4H3,(H,20,21)/t12-/m0/s1. The van der Waals surface area contributed by atoms with Crippen LogP contribution in [0, 0.1) is 0 Å². The number of nitrogens with one attached hydrogen (secondary N) is 1. The molecule has 0 aliphatic heterocycles. The predicted molar refractivity (Wildman–Crippen MR) is 82.7 cm³/mol. The lowest BCUT2D eigenvalue weighted by Gasteiger charge is -2.23. The van der Waals surface area contributed by atoms with Gasteiger partial charge >= 0.3 is 6.09 Å². The zero-order valence-electron chi connectivity index (χ0n) is 12.9. The highest BCUT2D eigenvalue weighted by Gasteiger charge is 2.21. The summed E-state index contributed by atoms with van der Waals surface area (Å²) in [7, 11) is 0. The molecule has 0 saturated carbocycles. The van der Waals surface area contributed by atoms with Crippen molar-refractivity contribution in [3.05, 3.63) is 36.3 Å². The first-order valence-electron chi connectivity index (χ1n) is 6.89. The molecule has 1 atom stereocenters. The van der Waals surface area contributed by atoms with Gasteiger partial charge in [0.25, 0.3) is 0 Å². The Labute approximate surface area is 128 Å². The Hall–Kier alpha value is -2.41. The summed E-state index contributed by atoms with van der Waals surface area (Å²) in [5.74, 6) is 0. The predicted octanol–water partition coefficient (Wildman–Crippen LogP) is 2.50. The number of ether oxygens (including phenoxy) is 1. The molecule has 7 nitrogen and oxygen atoms in total. The van der Waals surface area contributed by atoms with E-state index in [0.29, 0.717) is 11.3 Å². The average Bonchev–Trinajstić information content (AvgIpc) is 2.84. The maximum atomic E-state index is 11.0. The summed E-state index contributed by atoms with van der Waals surface area (Å²) in [4.78, 5) is 15.4. The zero-order valence-corrected chi connectivity index (χ0v) is 12.9. The topological polar surface area (TPSA) is 88.8 Å². The number of carboxylic acid groups (broad SMARTS) is 1. The van der Waals surface area contributed by atoms with Gasteiger partial charge in [0.2, 0.25) is 0 Å². The number of hydrogen-bond acceptors (Lipinski definition) is 4. The van der Waals surface area contributed by atoms with Crippen LogP contribution >= 0.6 is 0 Å². The summed E-state index contributed by atoms with van der Waals surface area (Å²) in [6, 6.07) is 1.26. The molecule has 0 aliphatic rings. The van der Waals surface area contributed by atoms with Crippen molar-refractivity contribution in [2.45, 2.75) is 32.4 Å². The number of nitrogens with zero attached hydrogens (tertiary/aromatic N) is 3. The summed E-state index contributed by atoms with van der Waals surface area (Å²) in [6.07, 6.45) is 3.90. The highest BCUT2D eigenvalue weighted by molar-refractivity contribution is 5.65. The third-order valence-corrected chi connectivity index (χ3v) is 2.93. The summed E-state index contributed by atoms with van der Waals surface area (Å²) >= 11 is 0. The molecular formula is C15H20N4O3. The van der Waals surface area contributed by atoms with Crippen LogP contribution in [0.2, 0.25) is 0 Å². The van der Waals surface area contributed by atoms with Crippen LogP contribution < -0.4 is 5.32 Å². The molecule has 118 valence electrons. The fourth-order valence-electron chi connectivity index (χ4n) is 1.87. The summed E-state index contributed by atoms with van der Waals surface area (Å²) in [6.45, 7) is 9.60. The number of amides is 1. The molecule has 0 radical (unpaired) electrons. The molecule has 0 fully saturated rings. The Morgan fingerprint density at radius 2 is 2.32 bits per heavy atom. The van der Waals surface area contributed by atoms with Gasteiger partial charge in [-0.25, -0.2) is 14.3 Å². The number of carbonyl (C=O) groups is 1. The molecule has 0 aliphatic carbocycles. The van der Waals surface area contributed by atoms with Crippen LogP contribution in [0.3, 0.4) is 0 Å². The maximum absolute atomic E-state index is 11.0. The molecule has 0 aromatic carbocycles. The van der Waals surface area contributed by atoms with Crippen LogP contribution in [0.15, 0.2) is 25.0 Å². The summed E-state index contributed by atoms with van der Waals surface area (Å²) in [5.41, 5.74) is 1.66. The van der Waals surface area contributed by atoms with Gasteiger partial charge in [0.05, 0.1) is 36.3 Å². The first-order chi connectivity index (χ1) is 10.3. The summed E-state index contributed by atoms with van der Waals surface area (Å²) < 4.78 is 7.27. The van der Waals surface area contributed by atoms with Crippen LogP contribution in [-0.4, -0.2) is 38.0 Å². The van der Waals surface area contributed by atoms with E-state index in [4.69, 9.17) is 9.84 Å². The highest BCUT2D eigenvalue weighted by atomic mass is 16.5. The fraction of sp³-hybridized carbons (Fsp3) is 0.400. The van der Waals surface area contributed by atoms with E-state index in [1.54, 1.807) is 23.0 Å². The smallest absolute Gasteiger partial charge is 0.405 e. The first-order valence-corrected chi connectivity index (χ1v) is 6.89. The van der Waals surface area contributed by atoms with E-state index in [9.17, 15) is 4.79 Å². The maximum Gasteiger partial charge on any atom is 0.405 e. The van der Waals surface area contributed by atoms with Gasteiger partial charge in [0, 0.05) is 0 Å². The van der Waals surface area contributed by atoms with Gasteiger partial charge in [-0.15, -0.1) is 0 Å². The van der Waals surface area contributed by atoms with Gasteiger partial charge in [0.15, 0.2) is 5.65 Å². The second-order valence-corrected chi connectivity index (χ2v) is 5.89. The third-order valence-electron chi connectivity index (χ3n) is 2.93. The normalized spacial score (nSPS) is 13.0. The van der Waals surface area contributed by atoms with Gasteiger partial charge in [-0.05, 0) is 32.4 Å². The number of rotatable bonds is 5. The van der Waals surface area contributed by atoms with Crippen LogP contribution in [0.5, 0.6) is 0 Å². The largest absolute Gasteiger partial charge is 0.465 e. The molecular weight excluding hydrogens is 284 g/mol. The number of imidazole rings is 1. The zero-order chi connectivity index (χ0) is 16.3. The monoisotopic (exact) mass is 304 g/mol. The Kier molecular flexibility index (Phi) is 4.46. The molecule has 2 rings (SSSR count). The van der Waals surface area contributed by atoms with Crippen molar-refractivity contribution in [3.8, 4) is 0 Å². The molecule has 0 unspecified atom stereocenters. The van der Waals surface area contributed by atoms with E-state index in [-0.39, 0.29) is 12.2 Å². The molecule has 2 N–H and O–H groups in total. The lowest BCUT2D eigenvalue weighted by Crippen LogP contribution is -2.33. The first kappa shape index (κ1) is 16.0. The fourth-order valence-corrected chi connectivity index (χ4v) is 1.87. The minimum atomic E-state index is -1.13. The highest BCUT2D eigenvalue weighted by Crippen LogP contribution is 2.17. The Bertz CT molecular complexity index is 688. The molecule has 2 aromatic rings. The van der Waals surface area contributed by atoms with Crippen molar-refractivity contribution < 1.29 is 14.6 Å². The second-order valence-electron chi connectivity index (χ2n) is 5.89. The average molecular weight is 304 g/mol. The Morgan fingerprint density at radius 3 is 2.91 bits per heavy atom. The van der Waals surface area contributed by atoms with Crippen molar-refractivity contribution >= 4 is 17.8 Å². The molecule has 0 saturated heterocycles. The van der Waals surface area contributed by atoms with E-state index in [0.717, 1.165) is 5.56 Å². The van der Waals surface area contributed by atoms with Crippen molar-refractivity contribution in [2.24, 2.45) is 0 Å². The molecule has 0 bridgehead atoms. The summed E-state index contributed by atoms with van der Waals surface area (Å²) in [5, 5.41) is 15.6. The molecule has 1 amide bonds. The van der Waals surface area contributed by atoms with Crippen LogP contribution in [0.1, 0.15) is 38.1 Å². The third kappa shape index (κ3) is 4.05. The quantitative estimate of drug-likeness (QED) is 0.886. The lowest BCUT2D eigenvalue weighted by molar-refractivity contribution is -0.0147. The number of hydrogen-bond donors (Lipinski definition) is 2. The Balaban J connectivity index is 2.29. The van der Waals surface area contributed by atoms with Crippen LogP contribution in [-0.2, 0) is 4.74 Å². The lowest BCUT2D eigenvalue weighted by atomic mass is 10.2. The van der Waals surface area contributed by atoms with Gasteiger partial charge in [-0.3, -0.25) is 0 Å². The minimum Gasteiger partial charge on any atom is -0.465 e. The van der Waals surface area contributed by atoms with Crippen LogP contribution in [0.4, 0.5) is 4.79 Å². The van der Waals surface area contributed by atoms with E-state index in [1.165, 1.54) is 0 Å². The number of aromatic nitrogens is 3. The molecule has 0 spiro atoms.